The Labute approximate surface area is 146 Å². The van der Waals surface area contributed by atoms with Gasteiger partial charge in [-0.2, -0.15) is 5.10 Å². The molecule has 7 heteroatoms. The summed E-state index contributed by atoms with van der Waals surface area (Å²) in [5.74, 6) is 0.0533. The van der Waals surface area contributed by atoms with Gasteiger partial charge in [0.1, 0.15) is 6.04 Å². The standard InChI is InChI=1S/C17H21ClN4O2/c1-21-10-12(9-19-21)22-8-4-7-16(17(22)23)20-15-6-3-5-14(18)13(15)11-24-2/h3,5-6,9-10,16,20H,4,7-8,11H2,1-2H3. The maximum atomic E-state index is 12.9. The summed E-state index contributed by atoms with van der Waals surface area (Å²) in [6.07, 6.45) is 5.29. The van der Waals surface area contributed by atoms with E-state index in [0.29, 0.717) is 18.2 Å². The summed E-state index contributed by atoms with van der Waals surface area (Å²) in [6.45, 7) is 1.11. The topological polar surface area (TPSA) is 59.4 Å². The number of rotatable bonds is 5. The van der Waals surface area contributed by atoms with E-state index in [4.69, 9.17) is 16.3 Å². The van der Waals surface area contributed by atoms with Crippen LogP contribution in [0.2, 0.25) is 5.02 Å². The van der Waals surface area contributed by atoms with Gasteiger partial charge in [0.25, 0.3) is 0 Å². The molecule has 24 heavy (non-hydrogen) atoms. The van der Waals surface area contributed by atoms with Crippen molar-refractivity contribution in [3.63, 3.8) is 0 Å². The number of carbonyl (C=O) groups excluding carboxylic acids is 1. The Morgan fingerprint density at radius 1 is 1.46 bits per heavy atom. The molecule has 3 rings (SSSR count). The number of piperidine rings is 1. The number of ether oxygens (including phenoxy) is 1. The zero-order valence-electron chi connectivity index (χ0n) is 13.8. The first kappa shape index (κ1) is 16.8. The van der Waals surface area contributed by atoms with Gasteiger partial charge >= 0.3 is 0 Å². The van der Waals surface area contributed by atoms with Crippen molar-refractivity contribution in [2.24, 2.45) is 7.05 Å². The SMILES string of the molecule is COCc1c(Cl)cccc1NC1CCCN(c2cnn(C)c2)C1=O. The van der Waals surface area contributed by atoms with Crippen LogP contribution in [0.4, 0.5) is 11.4 Å². The Kier molecular flexibility index (Phi) is 5.06. The van der Waals surface area contributed by atoms with E-state index in [-0.39, 0.29) is 11.9 Å². The Hall–Kier alpha value is -2.05. The van der Waals surface area contributed by atoms with Crippen LogP contribution in [-0.2, 0) is 23.2 Å². The normalized spacial score (nSPS) is 18.0. The molecular weight excluding hydrogens is 328 g/mol. The van der Waals surface area contributed by atoms with E-state index in [0.717, 1.165) is 29.8 Å². The summed E-state index contributed by atoms with van der Waals surface area (Å²) in [7, 11) is 3.47. The number of halogens is 1. The summed E-state index contributed by atoms with van der Waals surface area (Å²) >= 11 is 6.26. The number of carbonyl (C=O) groups is 1. The fraction of sp³-hybridized carbons (Fsp3) is 0.412. The number of amides is 1. The number of aromatic nitrogens is 2. The molecule has 1 unspecified atom stereocenters. The van der Waals surface area contributed by atoms with Gasteiger partial charge in [0.2, 0.25) is 5.91 Å². The average Bonchev–Trinajstić information content (AvgIpc) is 2.99. The highest BCUT2D eigenvalue weighted by molar-refractivity contribution is 6.31. The second-order valence-electron chi connectivity index (χ2n) is 5.90. The lowest BCUT2D eigenvalue weighted by Crippen LogP contribution is -2.47. The van der Waals surface area contributed by atoms with Crippen molar-refractivity contribution in [2.75, 3.05) is 23.9 Å². The minimum atomic E-state index is -0.284. The maximum Gasteiger partial charge on any atom is 0.249 e. The zero-order chi connectivity index (χ0) is 17.1. The molecule has 0 radical (unpaired) electrons. The number of nitrogens with zero attached hydrogens (tertiary/aromatic N) is 3. The summed E-state index contributed by atoms with van der Waals surface area (Å²) in [6, 6.07) is 5.34. The van der Waals surface area contributed by atoms with E-state index < -0.39 is 0 Å². The van der Waals surface area contributed by atoms with Gasteiger partial charge in [-0.05, 0) is 25.0 Å². The highest BCUT2D eigenvalue weighted by Gasteiger charge is 2.30. The molecular formula is C17H21ClN4O2. The number of methoxy groups -OCH3 is 1. The molecule has 2 aromatic rings. The van der Waals surface area contributed by atoms with Crippen LogP contribution in [0.25, 0.3) is 0 Å². The van der Waals surface area contributed by atoms with Crippen LogP contribution in [0, 0.1) is 0 Å². The van der Waals surface area contributed by atoms with Crippen molar-refractivity contribution in [3.8, 4) is 0 Å². The van der Waals surface area contributed by atoms with E-state index in [1.54, 1.807) is 22.9 Å². The number of hydrogen-bond acceptors (Lipinski definition) is 4. The van der Waals surface area contributed by atoms with Crippen LogP contribution in [0.15, 0.2) is 30.6 Å². The molecule has 1 amide bonds. The number of nitrogens with one attached hydrogen (secondary N) is 1. The Balaban J connectivity index is 1.80. The minimum absolute atomic E-state index is 0.0533. The lowest BCUT2D eigenvalue weighted by Gasteiger charge is -2.32. The molecule has 1 fully saturated rings. The second kappa shape index (κ2) is 7.23. The largest absolute Gasteiger partial charge is 0.380 e. The second-order valence-corrected chi connectivity index (χ2v) is 6.31. The highest BCUT2D eigenvalue weighted by atomic mass is 35.5. The van der Waals surface area contributed by atoms with Gasteiger partial charge in [-0.15, -0.1) is 0 Å². The highest BCUT2D eigenvalue weighted by Crippen LogP contribution is 2.28. The van der Waals surface area contributed by atoms with E-state index in [1.165, 1.54) is 0 Å². The molecule has 0 bridgehead atoms. The first-order valence-electron chi connectivity index (χ1n) is 7.93. The van der Waals surface area contributed by atoms with Gasteiger partial charge < -0.3 is 15.0 Å². The zero-order valence-corrected chi connectivity index (χ0v) is 14.6. The summed E-state index contributed by atoms with van der Waals surface area (Å²) < 4.78 is 6.93. The van der Waals surface area contributed by atoms with Gasteiger partial charge in [-0.1, -0.05) is 17.7 Å². The van der Waals surface area contributed by atoms with Crippen LogP contribution in [0.1, 0.15) is 18.4 Å². The van der Waals surface area contributed by atoms with Crippen LogP contribution >= 0.6 is 11.6 Å². The molecule has 128 valence electrons. The average molecular weight is 349 g/mol. The Morgan fingerprint density at radius 3 is 3.00 bits per heavy atom. The van der Waals surface area contributed by atoms with Gasteiger partial charge in [0.05, 0.1) is 18.5 Å². The predicted octanol–water partition coefficient (Wildman–Crippen LogP) is 2.83. The van der Waals surface area contributed by atoms with Gasteiger partial charge in [0, 0.05) is 43.2 Å². The molecule has 1 aliphatic rings. The van der Waals surface area contributed by atoms with Crippen molar-refractivity contribution >= 4 is 28.9 Å². The van der Waals surface area contributed by atoms with E-state index in [2.05, 4.69) is 10.4 Å². The van der Waals surface area contributed by atoms with Crippen molar-refractivity contribution < 1.29 is 9.53 Å². The maximum absolute atomic E-state index is 12.9. The fourth-order valence-electron chi connectivity index (χ4n) is 2.99. The van der Waals surface area contributed by atoms with Crippen LogP contribution in [-0.4, -0.2) is 35.4 Å². The first-order chi connectivity index (χ1) is 11.6. The third-order valence-corrected chi connectivity index (χ3v) is 4.53. The number of anilines is 2. The van der Waals surface area contributed by atoms with Gasteiger partial charge in [0.15, 0.2) is 0 Å². The lowest BCUT2D eigenvalue weighted by atomic mass is 10.0. The molecule has 0 saturated carbocycles. The summed E-state index contributed by atoms with van der Waals surface area (Å²) in [5.41, 5.74) is 2.54. The third-order valence-electron chi connectivity index (χ3n) is 4.18. The van der Waals surface area contributed by atoms with Gasteiger partial charge in [-0.25, -0.2) is 0 Å². The number of aryl methyl sites for hydroxylation is 1. The minimum Gasteiger partial charge on any atom is -0.380 e. The molecule has 2 heterocycles. The first-order valence-corrected chi connectivity index (χ1v) is 8.31. The molecule has 1 aliphatic heterocycles. The molecule has 0 aliphatic carbocycles. The molecule has 1 atom stereocenters. The Bertz CT molecular complexity index is 731. The van der Waals surface area contributed by atoms with Gasteiger partial charge in [-0.3, -0.25) is 9.48 Å². The van der Waals surface area contributed by atoms with E-state index in [9.17, 15) is 4.79 Å². The van der Waals surface area contributed by atoms with Crippen LogP contribution in [0.5, 0.6) is 0 Å². The summed E-state index contributed by atoms with van der Waals surface area (Å²) in [5, 5.41) is 8.14. The van der Waals surface area contributed by atoms with Crippen LogP contribution in [0.3, 0.4) is 0 Å². The quantitative estimate of drug-likeness (QED) is 0.902. The fourth-order valence-corrected chi connectivity index (χ4v) is 3.21. The monoisotopic (exact) mass is 348 g/mol. The van der Waals surface area contributed by atoms with E-state index >= 15 is 0 Å². The Morgan fingerprint density at radius 2 is 2.29 bits per heavy atom. The van der Waals surface area contributed by atoms with Crippen molar-refractivity contribution in [1.82, 2.24) is 9.78 Å². The molecule has 0 spiro atoms. The predicted molar refractivity (Wildman–Crippen MR) is 94.4 cm³/mol. The molecule has 1 aromatic carbocycles. The number of benzene rings is 1. The molecule has 1 aromatic heterocycles. The molecule has 1 N–H and O–H groups in total. The lowest BCUT2D eigenvalue weighted by molar-refractivity contribution is -0.120. The van der Waals surface area contributed by atoms with E-state index in [1.807, 2.05) is 31.4 Å². The number of hydrogen-bond donors (Lipinski definition) is 1. The third kappa shape index (κ3) is 3.39. The van der Waals surface area contributed by atoms with Crippen LogP contribution < -0.4 is 10.2 Å². The van der Waals surface area contributed by atoms with Crippen molar-refractivity contribution in [2.45, 2.75) is 25.5 Å². The molecule has 6 nitrogen and oxygen atoms in total. The van der Waals surface area contributed by atoms with Crippen molar-refractivity contribution in [1.29, 1.82) is 0 Å². The van der Waals surface area contributed by atoms with Crippen molar-refractivity contribution in [3.05, 3.63) is 41.2 Å². The summed E-state index contributed by atoms with van der Waals surface area (Å²) in [4.78, 5) is 14.6. The smallest absolute Gasteiger partial charge is 0.249 e. The molecule has 1 saturated heterocycles.